The molecule has 3 nitrogen and oxygen atoms in total. The van der Waals surface area contributed by atoms with Crippen LogP contribution in [0.25, 0.3) is 0 Å². The van der Waals surface area contributed by atoms with E-state index in [9.17, 15) is 0 Å². The molecule has 0 aromatic heterocycles. The van der Waals surface area contributed by atoms with Gasteiger partial charge in [0.1, 0.15) is 0 Å². The summed E-state index contributed by atoms with van der Waals surface area (Å²) in [5, 5.41) is 0.613. The SMILES string of the molecule is CCCOC(=S)C[Si](C)(OC(C)C)OC(C)C. The van der Waals surface area contributed by atoms with E-state index in [1.807, 2.05) is 27.7 Å². The minimum absolute atomic E-state index is 0.152. The number of hydrogen-bond donors (Lipinski definition) is 0. The second-order valence-electron chi connectivity index (χ2n) is 4.86. The molecule has 0 saturated carbocycles. The Labute approximate surface area is 112 Å². The summed E-state index contributed by atoms with van der Waals surface area (Å²) < 4.78 is 17.4. The fourth-order valence-electron chi connectivity index (χ4n) is 1.64. The Morgan fingerprint density at radius 3 is 1.94 bits per heavy atom. The van der Waals surface area contributed by atoms with Gasteiger partial charge in [-0.3, -0.25) is 0 Å². The third-order valence-corrected chi connectivity index (χ3v) is 5.32. The van der Waals surface area contributed by atoms with Crippen LogP contribution in [0.3, 0.4) is 0 Å². The van der Waals surface area contributed by atoms with Gasteiger partial charge in [0, 0.05) is 12.2 Å². The van der Waals surface area contributed by atoms with E-state index in [1.165, 1.54) is 0 Å². The van der Waals surface area contributed by atoms with Gasteiger partial charge in [-0.05, 0) is 52.9 Å². The lowest BCUT2D eigenvalue weighted by molar-refractivity contribution is 0.111. The lowest BCUT2D eigenvalue weighted by Crippen LogP contribution is -2.44. The Morgan fingerprint density at radius 1 is 1.12 bits per heavy atom. The molecule has 0 unspecified atom stereocenters. The van der Waals surface area contributed by atoms with E-state index < -0.39 is 8.56 Å². The van der Waals surface area contributed by atoms with Gasteiger partial charge in [0.05, 0.1) is 12.7 Å². The third-order valence-electron chi connectivity index (χ3n) is 1.90. The summed E-state index contributed by atoms with van der Waals surface area (Å²) in [5.74, 6) is 0. The minimum atomic E-state index is -2.25. The van der Waals surface area contributed by atoms with Crippen LogP contribution in [0.2, 0.25) is 12.6 Å². The zero-order chi connectivity index (χ0) is 13.5. The van der Waals surface area contributed by atoms with Crippen LogP contribution in [-0.2, 0) is 13.6 Å². The fourth-order valence-corrected chi connectivity index (χ4v) is 5.35. The van der Waals surface area contributed by atoms with Gasteiger partial charge in [0.15, 0.2) is 5.05 Å². The first-order valence-corrected chi connectivity index (χ1v) is 9.23. The van der Waals surface area contributed by atoms with E-state index in [4.69, 9.17) is 25.8 Å². The van der Waals surface area contributed by atoms with Crippen molar-refractivity contribution in [2.75, 3.05) is 6.61 Å². The van der Waals surface area contributed by atoms with Crippen molar-refractivity contribution in [3.05, 3.63) is 0 Å². The highest BCUT2D eigenvalue weighted by atomic mass is 32.1. The monoisotopic (exact) mass is 278 g/mol. The van der Waals surface area contributed by atoms with E-state index in [1.54, 1.807) is 0 Å². The topological polar surface area (TPSA) is 27.7 Å². The lowest BCUT2D eigenvalue weighted by Gasteiger charge is -2.31. The largest absolute Gasteiger partial charge is 0.487 e. The molecule has 0 aliphatic carbocycles. The van der Waals surface area contributed by atoms with E-state index in [0.29, 0.717) is 17.7 Å². The highest BCUT2D eigenvalue weighted by Gasteiger charge is 2.35. The molecule has 0 N–H and O–H groups in total. The van der Waals surface area contributed by atoms with Crippen LogP contribution in [0.15, 0.2) is 0 Å². The minimum Gasteiger partial charge on any atom is -0.487 e. The molecule has 0 amide bonds. The van der Waals surface area contributed by atoms with Gasteiger partial charge in [-0.1, -0.05) is 6.92 Å². The van der Waals surface area contributed by atoms with Crippen molar-refractivity contribution in [1.29, 1.82) is 0 Å². The van der Waals surface area contributed by atoms with Crippen molar-refractivity contribution < 1.29 is 13.6 Å². The van der Waals surface area contributed by atoms with Crippen molar-refractivity contribution in [3.63, 3.8) is 0 Å². The standard InChI is InChI=1S/C12H26O3SSi/c1-7-8-13-12(16)9-17(6,14-10(2)3)15-11(4)5/h10-11H,7-9H2,1-6H3. The van der Waals surface area contributed by atoms with Crippen LogP contribution >= 0.6 is 12.2 Å². The molecule has 0 fully saturated rings. The molecule has 0 radical (unpaired) electrons. The van der Waals surface area contributed by atoms with E-state index in [-0.39, 0.29) is 12.2 Å². The quantitative estimate of drug-likeness (QED) is 0.500. The Balaban J connectivity index is 4.41. The number of ether oxygens (including phenoxy) is 1. The Morgan fingerprint density at radius 2 is 1.59 bits per heavy atom. The molecule has 0 aliphatic rings. The van der Waals surface area contributed by atoms with Gasteiger partial charge in [0.25, 0.3) is 0 Å². The molecule has 5 heteroatoms. The summed E-state index contributed by atoms with van der Waals surface area (Å²) in [6, 6.07) is 0.624. The van der Waals surface area contributed by atoms with E-state index >= 15 is 0 Å². The highest BCUT2D eigenvalue weighted by Crippen LogP contribution is 2.19. The van der Waals surface area contributed by atoms with Gasteiger partial charge >= 0.3 is 8.56 Å². The van der Waals surface area contributed by atoms with Crippen molar-refractivity contribution in [2.45, 2.75) is 65.8 Å². The summed E-state index contributed by atoms with van der Waals surface area (Å²) in [4.78, 5) is 0. The first kappa shape index (κ1) is 17.0. The summed E-state index contributed by atoms with van der Waals surface area (Å²) >= 11 is 5.23. The van der Waals surface area contributed by atoms with Gasteiger partial charge in [-0.15, -0.1) is 0 Å². The molecule has 0 aliphatic heterocycles. The maximum absolute atomic E-state index is 5.95. The van der Waals surface area contributed by atoms with Crippen molar-refractivity contribution in [2.24, 2.45) is 0 Å². The van der Waals surface area contributed by atoms with E-state index in [0.717, 1.165) is 6.42 Å². The normalized spacial score (nSPS) is 12.2. The molecule has 0 saturated heterocycles. The van der Waals surface area contributed by atoms with Crippen LogP contribution in [0.1, 0.15) is 41.0 Å². The second-order valence-corrected chi connectivity index (χ2v) is 8.41. The number of rotatable bonds is 8. The first-order valence-electron chi connectivity index (χ1n) is 6.30. The van der Waals surface area contributed by atoms with E-state index in [2.05, 4.69) is 13.5 Å². The first-order chi connectivity index (χ1) is 7.79. The average Bonchev–Trinajstić information content (AvgIpc) is 2.10. The molecular formula is C12H26O3SSi. The predicted octanol–water partition coefficient (Wildman–Crippen LogP) is 3.66. The van der Waals surface area contributed by atoms with Gasteiger partial charge in [-0.25, -0.2) is 0 Å². The van der Waals surface area contributed by atoms with Gasteiger partial charge < -0.3 is 13.6 Å². The predicted molar refractivity (Wildman–Crippen MR) is 77.7 cm³/mol. The molecular weight excluding hydrogens is 252 g/mol. The van der Waals surface area contributed by atoms with Crippen LogP contribution in [0, 0.1) is 0 Å². The summed E-state index contributed by atoms with van der Waals surface area (Å²) in [7, 11) is -2.25. The molecule has 17 heavy (non-hydrogen) atoms. The number of thiocarbonyl (C=S) groups is 1. The average molecular weight is 278 g/mol. The van der Waals surface area contributed by atoms with Crippen LogP contribution in [0.4, 0.5) is 0 Å². The molecule has 0 atom stereocenters. The Bertz CT molecular complexity index is 222. The van der Waals surface area contributed by atoms with Crippen LogP contribution in [0.5, 0.6) is 0 Å². The Hall–Kier alpha value is 0.0269. The lowest BCUT2D eigenvalue weighted by atomic mass is 10.5. The summed E-state index contributed by atoms with van der Waals surface area (Å²) in [5.41, 5.74) is 0. The fraction of sp³-hybridized carbons (Fsp3) is 0.917. The maximum Gasteiger partial charge on any atom is 0.344 e. The van der Waals surface area contributed by atoms with Crippen molar-refractivity contribution >= 4 is 25.8 Å². The van der Waals surface area contributed by atoms with Gasteiger partial charge in [-0.2, -0.15) is 0 Å². The molecule has 0 aromatic rings. The van der Waals surface area contributed by atoms with Crippen molar-refractivity contribution in [1.82, 2.24) is 0 Å². The van der Waals surface area contributed by atoms with Crippen LogP contribution < -0.4 is 0 Å². The van der Waals surface area contributed by atoms with Gasteiger partial charge in [0.2, 0.25) is 0 Å². The third kappa shape index (κ3) is 8.71. The molecule has 0 spiro atoms. The second kappa shape index (κ2) is 8.19. The summed E-state index contributed by atoms with van der Waals surface area (Å²) in [6.07, 6.45) is 1.27. The van der Waals surface area contributed by atoms with Crippen molar-refractivity contribution in [3.8, 4) is 0 Å². The molecule has 0 bridgehead atoms. The highest BCUT2D eigenvalue weighted by molar-refractivity contribution is 7.80. The maximum atomic E-state index is 5.95. The molecule has 102 valence electrons. The smallest absolute Gasteiger partial charge is 0.344 e. The van der Waals surface area contributed by atoms with Crippen LogP contribution in [-0.4, -0.2) is 32.4 Å². The zero-order valence-corrected chi connectivity index (χ0v) is 13.7. The molecule has 0 heterocycles. The molecule has 0 rings (SSSR count). The number of hydrogen-bond acceptors (Lipinski definition) is 4. The zero-order valence-electron chi connectivity index (χ0n) is 11.9. The summed E-state index contributed by atoms with van der Waals surface area (Å²) in [6.45, 7) is 12.9. The molecule has 0 aromatic carbocycles. The Kier molecular flexibility index (Phi) is 8.20.